The predicted octanol–water partition coefficient (Wildman–Crippen LogP) is 4.04. The molecule has 3 aromatic rings. The number of aromatic nitrogens is 2. The van der Waals surface area contributed by atoms with Crippen molar-refractivity contribution in [1.82, 2.24) is 9.97 Å². The third kappa shape index (κ3) is 3.91. The molecule has 6 nitrogen and oxygen atoms in total. The van der Waals surface area contributed by atoms with Crippen molar-refractivity contribution < 1.29 is 14.3 Å². The fourth-order valence-corrected chi connectivity index (χ4v) is 4.36. The van der Waals surface area contributed by atoms with E-state index in [2.05, 4.69) is 9.97 Å². The molecule has 1 aromatic carbocycles. The molecule has 0 bridgehead atoms. The van der Waals surface area contributed by atoms with Gasteiger partial charge in [-0.1, -0.05) is 24.3 Å². The molecule has 0 spiro atoms. The first kappa shape index (κ1) is 19.3. The number of carbonyl (C=O) groups is 2. The number of para-hydroxylation sites is 1. The van der Waals surface area contributed by atoms with E-state index in [1.165, 1.54) is 11.3 Å². The number of carbonyl (C=O) groups excluding carboxylic acids is 2. The zero-order valence-corrected chi connectivity index (χ0v) is 17.1. The Morgan fingerprint density at radius 1 is 1.17 bits per heavy atom. The van der Waals surface area contributed by atoms with Gasteiger partial charge in [-0.15, -0.1) is 11.3 Å². The van der Waals surface area contributed by atoms with Crippen LogP contribution in [0.25, 0.3) is 10.7 Å². The number of amides is 1. The minimum Gasteiger partial charge on any atom is -0.448 e. The van der Waals surface area contributed by atoms with Crippen LogP contribution in [-0.4, -0.2) is 34.5 Å². The molecule has 0 saturated heterocycles. The predicted molar refractivity (Wildman–Crippen MR) is 112 cm³/mol. The van der Waals surface area contributed by atoms with Crippen molar-refractivity contribution in [3.8, 4) is 10.7 Å². The van der Waals surface area contributed by atoms with Crippen LogP contribution in [-0.2, 0) is 16.0 Å². The molecule has 0 N–H and O–H groups in total. The van der Waals surface area contributed by atoms with E-state index in [1.807, 2.05) is 42.5 Å². The van der Waals surface area contributed by atoms with Crippen molar-refractivity contribution in [1.29, 1.82) is 0 Å². The summed E-state index contributed by atoms with van der Waals surface area (Å²) >= 11 is 1.23. The normalized spacial score (nSPS) is 14.2. The first-order valence-electron chi connectivity index (χ1n) is 9.53. The second kappa shape index (κ2) is 8.13. The van der Waals surface area contributed by atoms with Crippen LogP contribution < -0.4 is 4.90 Å². The van der Waals surface area contributed by atoms with Crippen molar-refractivity contribution in [3.63, 3.8) is 0 Å². The molecule has 3 heterocycles. The number of aryl methyl sites for hydroxylation is 2. The van der Waals surface area contributed by atoms with E-state index in [9.17, 15) is 9.59 Å². The Hall–Kier alpha value is -3.06. The monoisotopic (exact) mass is 407 g/mol. The number of fused-ring (bicyclic) bond motifs is 1. The highest BCUT2D eigenvalue weighted by Gasteiger charge is 2.29. The molecule has 148 valence electrons. The topological polar surface area (TPSA) is 72.4 Å². The maximum atomic E-state index is 13.0. The molecule has 0 unspecified atom stereocenters. The molecule has 1 atom stereocenters. The average molecular weight is 407 g/mol. The number of anilines is 1. The van der Waals surface area contributed by atoms with Crippen LogP contribution in [0.2, 0.25) is 0 Å². The van der Waals surface area contributed by atoms with Crippen LogP contribution in [0.4, 0.5) is 5.69 Å². The lowest BCUT2D eigenvalue weighted by Gasteiger charge is -2.31. The molecule has 2 aromatic heterocycles. The lowest BCUT2D eigenvalue weighted by molar-refractivity contribution is -0.126. The number of rotatable bonds is 4. The summed E-state index contributed by atoms with van der Waals surface area (Å²) in [6.07, 6.45) is 2.64. The van der Waals surface area contributed by atoms with Gasteiger partial charge < -0.3 is 9.64 Å². The Labute approximate surface area is 173 Å². The van der Waals surface area contributed by atoms with E-state index in [-0.39, 0.29) is 5.91 Å². The summed E-state index contributed by atoms with van der Waals surface area (Å²) in [6, 6.07) is 13.4. The largest absolute Gasteiger partial charge is 0.448 e. The summed E-state index contributed by atoms with van der Waals surface area (Å²) in [7, 11) is 0. The van der Waals surface area contributed by atoms with Gasteiger partial charge >= 0.3 is 5.97 Å². The molecule has 4 rings (SSSR count). The number of nitrogens with zero attached hydrogens (tertiary/aromatic N) is 3. The zero-order valence-electron chi connectivity index (χ0n) is 16.3. The molecule has 1 aliphatic heterocycles. The number of benzene rings is 1. The Morgan fingerprint density at radius 3 is 2.76 bits per heavy atom. The molecule has 29 heavy (non-hydrogen) atoms. The maximum absolute atomic E-state index is 13.0. The maximum Gasteiger partial charge on any atom is 0.351 e. The van der Waals surface area contributed by atoms with Crippen LogP contribution in [0, 0.1) is 6.92 Å². The second-order valence-electron chi connectivity index (χ2n) is 6.92. The van der Waals surface area contributed by atoms with Crippen molar-refractivity contribution in [2.24, 2.45) is 0 Å². The molecule has 1 amide bonds. The summed E-state index contributed by atoms with van der Waals surface area (Å²) in [5.74, 6) is -0.744. The Balaban J connectivity index is 1.49. The van der Waals surface area contributed by atoms with Crippen molar-refractivity contribution in [2.45, 2.75) is 32.8 Å². The molecular formula is C22H21N3O3S. The molecule has 0 saturated carbocycles. The number of hydrogen-bond donors (Lipinski definition) is 0. The molecular weight excluding hydrogens is 386 g/mol. The van der Waals surface area contributed by atoms with Gasteiger partial charge in [-0.2, -0.15) is 0 Å². The molecule has 0 aliphatic carbocycles. The molecule has 7 heteroatoms. The summed E-state index contributed by atoms with van der Waals surface area (Å²) in [4.78, 5) is 36.5. The van der Waals surface area contributed by atoms with E-state index in [0.29, 0.717) is 27.8 Å². The average Bonchev–Trinajstić information content (AvgIpc) is 3.15. The van der Waals surface area contributed by atoms with Gasteiger partial charge in [0.1, 0.15) is 9.88 Å². The van der Waals surface area contributed by atoms with E-state index in [4.69, 9.17) is 4.74 Å². The van der Waals surface area contributed by atoms with Crippen LogP contribution >= 0.6 is 11.3 Å². The van der Waals surface area contributed by atoms with Gasteiger partial charge in [0.05, 0.1) is 11.4 Å². The first-order chi connectivity index (χ1) is 14.0. The van der Waals surface area contributed by atoms with Crippen LogP contribution in [0.3, 0.4) is 0 Å². The Kier molecular flexibility index (Phi) is 5.40. The van der Waals surface area contributed by atoms with E-state index < -0.39 is 12.1 Å². The van der Waals surface area contributed by atoms with E-state index in [0.717, 1.165) is 24.1 Å². The highest BCUT2D eigenvalue weighted by atomic mass is 32.1. The first-order valence-corrected chi connectivity index (χ1v) is 10.4. The van der Waals surface area contributed by atoms with Gasteiger partial charge in [0.25, 0.3) is 5.91 Å². The number of ether oxygens (including phenoxy) is 1. The fraction of sp³-hybridized carbons (Fsp3) is 0.273. The van der Waals surface area contributed by atoms with Crippen molar-refractivity contribution in [3.05, 3.63) is 64.8 Å². The summed E-state index contributed by atoms with van der Waals surface area (Å²) in [5, 5.41) is 0.652. The van der Waals surface area contributed by atoms with Crippen LogP contribution in [0.15, 0.2) is 48.7 Å². The lowest BCUT2D eigenvalue weighted by Crippen LogP contribution is -2.42. The van der Waals surface area contributed by atoms with Crippen LogP contribution in [0.1, 0.15) is 34.3 Å². The fourth-order valence-electron chi connectivity index (χ4n) is 3.43. The summed E-state index contributed by atoms with van der Waals surface area (Å²) in [6.45, 7) is 4.00. The second-order valence-corrected chi connectivity index (χ2v) is 7.92. The number of thiazole rings is 1. The number of hydrogen-bond acceptors (Lipinski definition) is 6. The van der Waals surface area contributed by atoms with Gasteiger partial charge in [-0.25, -0.2) is 9.78 Å². The molecule has 0 fully saturated rings. The highest BCUT2D eigenvalue weighted by Crippen LogP contribution is 2.29. The quantitative estimate of drug-likeness (QED) is 0.611. The SMILES string of the molecule is Cc1nc(-c2ccccn2)sc1C(=O)O[C@H](C)C(=O)N1CCCc2ccccc21. The van der Waals surface area contributed by atoms with E-state index >= 15 is 0 Å². The zero-order chi connectivity index (χ0) is 20.4. The van der Waals surface area contributed by atoms with Gasteiger partial charge in [-0.05, 0) is 50.5 Å². The third-order valence-corrected chi connectivity index (χ3v) is 6.03. The van der Waals surface area contributed by atoms with Gasteiger partial charge in [-0.3, -0.25) is 9.78 Å². The molecule has 0 radical (unpaired) electrons. The summed E-state index contributed by atoms with van der Waals surface area (Å²) < 4.78 is 5.52. The van der Waals surface area contributed by atoms with Gasteiger partial charge in [0.15, 0.2) is 6.10 Å². The van der Waals surface area contributed by atoms with Crippen LogP contribution in [0.5, 0.6) is 0 Å². The summed E-state index contributed by atoms with van der Waals surface area (Å²) in [5.41, 5.74) is 3.32. The number of esters is 1. The minimum atomic E-state index is -0.881. The standard InChI is InChI=1S/C22H21N3O3S/c1-14-19(29-20(24-14)17-10-5-6-12-23-17)22(27)28-15(2)21(26)25-13-7-9-16-8-3-4-11-18(16)25/h3-6,8,10-12,15H,7,9,13H2,1-2H3/t15-/m1/s1. The minimum absolute atomic E-state index is 0.211. The smallest absolute Gasteiger partial charge is 0.351 e. The third-order valence-electron chi connectivity index (χ3n) is 4.87. The number of pyridine rings is 1. The van der Waals surface area contributed by atoms with Crippen molar-refractivity contribution >= 4 is 28.9 Å². The van der Waals surface area contributed by atoms with Gasteiger partial charge in [0, 0.05) is 18.4 Å². The molecule has 1 aliphatic rings. The van der Waals surface area contributed by atoms with Gasteiger partial charge in [0.2, 0.25) is 0 Å². The lowest BCUT2D eigenvalue weighted by atomic mass is 10.0. The Bertz CT molecular complexity index is 1050. The van der Waals surface area contributed by atoms with Crippen molar-refractivity contribution in [2.75, 3.05) is 11.4 Å². The Morgan fingerprint density at radius 2 is 1.97 bits per heavy atom. The highest BCUT2D eigenvalue weighted by molar-refractivity contribution is 7.17. The van der Waals surface area contributed by atoms with E-state index in [1.54, 1.807) is 24.9 Å².